The number of benzene rings is 1. The molecule has 1 aromatic heterocycles. The number of nitrogens with zero attached hydrogens (tertiary/aromatic N) is 1. The van der Waals surface area contributed by atoms with Crippen LogP contribution in [0.1, 0.15) is 24.3 Å². The molecule has 0 bridgehead atoms. The number of rotatable bonds is 5. The van der Waals surface area contributed by atoms with Gasteiger partial charge in [0.05, 0.1) is 10.9 Å². The highest BCUT2D eigenvalue weighted by molar-refractivity contribution is 7.99. The summed E-state index contributed by atoms with van der Waals surface area (Å²) in [6.07, 6.45) is 2.48. The van der Waals surface area contributed by atoms with E-state index in [1.54, 1.807) is 12.3 Å². The molecule has 20 heavy (non-hydrogen) atoms. The lowest BCUT2D eigenvalue weighted by atomic mass is 10.1. The Hall–Kier alpha value is -1.46. The van der Waals surface area contributed by atoms with Gasteiger partial charge < -0.3 is 5.73 Å². The predicted molar refractivity (Wildman–Crippen MR) is 77.5 cm³/mol. The normalized spacial score (nSPS) is 14.0. The van der Waals surface area contributed by atoms with Crippen molar-refractivity contribution in [2.45, 2.75) is 29.5 Å². The summed E-state index contributed by atoms with van der Waals surface area (Å²) in [5.74, 6) is -1.69. The Kier molecular flexibility index (Phi) is 5.09. The van der Waals surface area contributed by atoms with Gasteiger partial charge in [-0.3, -0.25) is 4.98 Å². The fourth-order valence-electron chi connectivity index (χ4n) is 1.82. The van der Waals surface area contributed by atoms with Crippen molar-refractivity contribution in [2.75, 3.05) is 0 Å². The zero-order valence-electron chi connectivity index (χ0n) is 11.1. The molecule has 2 aromatic rings. The van der Waals surface area contributed by atoms with Gasteiger partial charge in [-0.15, -0.1) is 11.8 Å². The molecule has 0 aliphatic carbocycles. The SMILES string of the molecule is CCC(N)C(Sc1ccc(F)c(F)c1)c1ccccn1. The molecule has 0 aliphatic heterocycles. The summed E-state index contributed by atoms with van der Waals surface area (Å²) >= 11 is 1.40. The first kappa shape index (κ1) is 14.9. The minimum absolute atomic E-state index is 0.0916. The summed E-state index contributed by atoms with van der Waals surface area (Å²) in [4.78, 5) is 4.96. The van der Waals surface area contributed by atoms with Crippen LogP contribution in [-0.4, -0.2) is 11.0 Å². The lowest BCUT2D eigenvalue weighted by Gasteiger charge is -2.22. The van der Waals surface area contributed by atoms with Crippen molar-refractivity contribution in [1.82, 2.24) is 4.98 Å². The van der Waals surface area contributed by atoms with E-state index >= 15 is 0 Å². The maximum atomic E-state index is 13.3. The lowest BCUT2D eigenvalue weighted by molar-refractivity contribution is 0.505. The van der Waals surface area contributed by atoms with Crippen LogP contribution in [0.2, 0.25) is 0 Å². The monoisotopic (exact) mass is 294 g/mol. The molecular formula is C15H16F2N2S. The van der Waals surface area contributed by atoms with Crippen LogP contribution in [0.25, 0.3) is 0 Å². The summed E-state index contributed by atoms with van der Waals surface area (Å²) in [6, 6.07) is 9.39. The molecule has 1 aromatic carbocycles. The van der Waals surface area contributed by atoms with Gasteiger partial charge in [-0.1, -0.05) is 13.0 Å². The van der Waals surface area contributed by atoms with Crippen molar-refractivity contribution in [3.63, 3.8) is 0 Å². The zero-order chi connectivity index (χ0) is 14.5. The molecular weight excluding hydrogens is 278 g/mol. The van der Waals surface area contributed by atoms with Gasteiger partial charge in [0, 0.05) is 17.1 Å². The first-order valence-electron chi connectivity index (χ1n) is 6.40. The predicted octanol–water partition coefficient (Wildman–Crippen LogP) is 3.93. The molecule has 106 valence electrons. The van der Waals surface area contributed by atoms with Crippen molar-refractivity contribution < 1.29 is 8.78 Å². The van der Waals surface area contributed by atoms with Crippen LogP contribution in [0.5, 0.6) is 0 Å². The second-order valence-electron chi connectivity index (χ2n) is 4.44. The minimum Gasteiger partial charge on any atom is -0.326 e. The number of aromatic nitrogens is 1. The molecule has 2 rings (SSSR count). The minimum atomic E-state index is -0.847. The average Bonchev–Trinajstić information content (AvgIpc) is 2.48. The van der Waals surface area contributed by atoms with E-state index in [4.69, 9.17) is 5.73 Å². The quantitative estimate of drug-likeness (QED) is 0.849. The Labute approximate surface area is 121 Å². The molecule has 0 radical (unpaired) electrons. The Balaban J connectivity index is 2.26. The van der Waals surface area contributed by atoms with Crippen LogP contribution in [0.15, 0.2) is 47.5 Å². The third kappa shape index (κ3) is 3.55. The number of thioether (sulfide) groups is 1. The molecule has 2 atom stereocenters. The Morgan fingerprint density at radius 1 is 1.20 bits per heavy atom. The van der Waals surface area contributed by atoms with Crippen LogP contribution in [0.4, 0.5) is 8.78 Å². The molecule has 0 saturated carbocycles. The van der Waals surface area contributed by atoms with Gasteiger partial charge in [0.2, 0.25) is 0 Å². The van der Waals surface area contributed by atoms with Gasteiger partial charge >= 0.3 is 0 Å². The maximum Gasteiger partial charge on any atom is 0.159 e. The second kappa shape index (κ2) is 6.81. The van der Waals surface area contributed by atoms with Crippen LogP contribution >= 0.6 is 11.8 Å². The van der Waals surface area contributed by atoms with E-state index in [1.165, 1.54) is 17.8 Å². The maximum absolute atomic E-state index is 13.3. The van der Waals surface area contributed by atoms with Crippen molar-refractivity contribution in [3.05, 3.63) is 59.9 Å². The standard InChI is InChI=1S/C15H16F2N2S/c1-2-13(18)15(14-5-3-4-8-19-14)20-10-6-7-11(16)12(17)9-10/h3-9,13,15H,2,18H2,1H3. The molecule has 0 fully saturated rings. The first-order chi connectivity index (χ1) is 9.61. The van der Waals surface area contributed by atoms with Crippen LogP contribution in [0.3, 0.4) is 0 Å². The molecule has 5 heteroatoms. The largest absolute Gasteiger partial charge is 0.326 e. The molecule has 2 N–H and O–H groups in total. The first-order valence-corrected chi connectivity index (χ1v) is 7.28. The van der Waals surface area contributed by atoms with Crippen LogP contribution < -0.4 is 5.73 Å². The van der Waals surface area contributed by atoms with E-state index in [1.807, 2.05) is 25.1 Å². The Morgan fingerprint density at radius 2 is 2.00 bits per heavy atom. The van der Waals surface area contributed by atoms with Gasteiger partial charge in [-0.05, 0) is 36.8 Å². The molecule has 0 amide bonds. The highest BCUT2D eigenvalue weighted by Gasteiger charge is 2.21. The lowest BCUT2D eigenvalue weighted by Crippen LogP contribution is -2.26. The molecule has 0 saturated heterocycles. The summed E-state index contributed by atoms with van der Waals surface area (Å²) in [6.45, 7) is 1.99. The van der Waals surface area contributed by atoms with Gasteiger partial charge in [0.1, 0.15) is 0 Å². The average molecular weight is 294 g/mol. The zero-order valence-corrected chi connectivity index (χ0v) is 11.9. The summed E-state index contributed by atoms with van der Waals surface area (Å²) in [5, 5.41) is -0.0916. The molecule has 0 spiro atoms. The fraction of sp³-hybridized carbons (Fsp3) is 0.267. The second-order valence-corrected chi connectivity index (χ2v) is 5.66. The number of pyridine rings is 1. The van der Waals surface area contributed by atoms with E-state index < -0.39 is 11.6 Å². The topological polar surface area (TPSA) is 38.9 Å². The van der Waals surface area contributed by atoms with Gasteiger partial charge in [-0.2, -0.15) is 0 Å². The summed E-state index contributed by atoms with van der Waals surface area (Å²) in [7, 11) is 0. The van der Waals surface area contributed by atoms with Gasteiger partial charge in [-0.25, -0.2) is 8.78 Å². The van der Waals surface area contributed by atoms with Crippen molar-refractivity contribution in [2.24, 2.45) is 5.73 Å². The molecule has 1 heterocycles. The van der Waals surface area contributed by atoms with Crippen molar-refractivity contribution in [3.8, 4) is 0 Å². The summed E-state index contributed by atoms with van der Waals surface area (Å²) in [5.41, 5.74) is 6.98. The number of hydrogen-bond acceptors (Lipinski definition) is 3. The van der Waals surface area contributed by atoms with Gasteiger partial charge in [0.15, 0.2) is 11.6 Å². The smallest absolute Gasteiger partial charge is 0.159 e. The highest BCUT2D eigenvalue weighted by atomic mass is 32.2. The number of halogens is 2. The van der Waals surface area contributed by atoms with Crippen LogP contribution in [-0.2, 0) is 0 Å². The van der Waals surface area contributed by atoms with Crippen molar-refractivity contribution in [1.29, 1.82) is 0 Å². The Morgan fingerprint density at radius 3 is 2.60 bits per heavy atom. The van der Waals surface area contributed by atoms with E-state index in [-0.39, 0.29) is 11.3 Å². The number of nitrogens with two attached hydrogens (primary N) is 1. The van der Waals surface area contributed by atoms with E-state index in [0.717, 1.165) is 18.2 Å². The molecule has 2 unspecified atom stereocenters. The molecule has 0 aliphatic rings. The Bertz CT molecular complexity index is 563. The van der Waals surface area contributed by atoms with Crippen molar-refractivity contribution >= 4 is 11.8 Å². The van der Waals surface area contributed by atoms with E-state index in [9.17, 15) is 8.78 Å². The fourth-order valence-corrected chi connectivity index (χ4v) is 3.06. The third-order valence-electron chi connectivity index (χ3n) is 2.99. The highest BCUT2D eigenvalue weighted by Crippen LogP contribution is 2.37. The third-order valence-corrected chi connectivity index (χ3v) is 4.36. The number of hydrogen-bond donors (Lipinski definition) is 1. The van der Waals surface area contributed by atoms with Gasteiger partial charge in [0.25, 0.3) is 0 Å². The van der Waals surface area contributed by atoms with Crippen LogP contribution in [0, 0.1) is 11.6 Å². The molecule has 2 nitrogen and oxygen atoms in total. The van der Waals surface area contributed by atoms with E-state index in [2.05, 4.69) is 4.98 Å². The summed E-state index contributed by atoms with van der Waals surface area (Å²) < 4.78 is 26.2. The van der Waals surface area contributed by atoms with E-state index in [0.29, 0.717) is 4.90 Å².